The van der Waals surface area contributed by atoms with Crippen molar-refractivity contribution >= 4 is 17.4 Å². The summed E-state index contributed by atoms with van der Waals surface area (Å²) in [7, 11) is 1.57. The summed E-state index contributed by atoms with van der Waals surface area (Å²) < 4.78 is 10.6. The van der Waals surface area contributed by atoms with Crippen LogP contribution in [-0.2, 0) is 4.74 Å². The lowest BCUT2D eigenvalue weighted by molar-refractivity contribution is 0.0925. The molecule has 2 rings (SSSR count). The molecule has 0 spiro atoms. The van der Waals surface area contributed by atoms with Gasteiger partial charge in [-0.25, -0.2) is 4.98 Å². The number of ether oxygens (including phenoxy) is 2. The van der Waals surface area contributed by atoms with Gasteiger partial charge in [-0.2, -0.15) is 4.98 Å². The fraction of sp³-hybridized carbons (Fsp3) is 0.636. The summed E-state index contributed by atoms with van der Waals surface area (Å²) in [5, 5.41) is 0.209. The van der Waals surface area contributed by atoms with Gasteiger partial charge < -0.3 is 14.4 Å². The molecular formula is C11H16ClN3O2. The molecule has 0 unspecified atom stereocenters. The van der Waals surface area contributed by atoms with Crippen molar-refractivity contribution < 1.29 is 9.47 Å². The van der Waals surface area contributed by atoms with Crippen molar-refractivity contribution in [1.29, 1.82) is 0 Å². The average Bonchev–Trinajstić information content (AvgIpc) is 2.37. The number of halogens is 1. The normalized spacial score (nSPS) is 20.4. The molecule has 17 heavy (non-hydrogen) atoms. The average molecular weight is 258 g/mol. The second-order valence-corrected chi connectivity index (χ2v) is 4.21. The summed E-state index contributed by atoms with van der Waals surface area (Å²) in [5.74, 6) is 1.29. The minimum atomic E-state index is 0.209. The van der Waals surface area contributed by atoms with Crippen LogP contribution >= 0.6 is 11.6 Å². The molecule has 1 aromatic heterocycles. The van der Waals surface area contributed by atoms with Crippen molar-refractivity contribution in [3.63, 3.8) is 0 Å². The van der Waals surface area contributed by atoms with Gasteiger partial charge in [-0.1, -0.05) is 6.92 Å². The van der Waals surface area contributed by atoms with Gasteiger partial charge in [0.1, 0.15) is 5.82 Å². The lowest BCUT2D eigenvalue weighted by Gasteiger charge is -2.35. The van der Waals surface area contributed by atoms with E-state index in [4.69, 9.17) is 21.1 Å². The summed E-state index contributed by atoms with van der Waals surface area (Å²) in [6.07, 6.45) is 1.00. The van der Waals surface area contributed by atoms with Crippen LogP contribution in [0.2, 0.25) is 5.28 Å². The largest absolute Gasteiger partial charge is 0.481 e. The quantitative estimate of drug-likeness (QED) is 0.772. The number of nitrogens with zero attached hydrogens (tertiary/aromatic N) is 3. The van der Waals surface area contributed by atoms with Crippen LogP contribution in [0.15, 0.2) is 6.07 Å². The molecule has 1 saturated heterocycles. The molecule has 1 aliphatic rings. The second kappa shape index (κ2) is 5.51. The van der Waals surface area contributed by atoms with Crippen molar-refractivity contribution in [2.24, 2.45) is 0 Å². The van der Waals surface area contributed by atoms with Gasteiger partial charge in [0, 0.05) is 12.6 Å². The van der Waals surface area contributed by atoms with E-state index < -0.39 is 0 Å². The van der Waals surface area contributed by atoms with E-state index in [1.54, 1.807) is 13.2 Å². The lowest BCUT2D eigenvalue weighted by atomic mass is 10.2. The van der Waals surface area contributed by atoms with Crippen LogP contribution in [0, 0.1) is 0 Å². The van der Waals surface area contributed by atoms with E-state index in [0.717, 1.165) is 25.4 Å². The third kappa shape index (κ3) is 2.79. The molecule has 0 radical (unpaired) electrons. The Morgan fingerprint density at radius 1 is 1.59 bits per heavy atom. The maximum absolute atomic E-state index is 5.88. The van der Waals surface area contributed by atoms with E-state index in [0.29, 0.717) is 18.5 Å². The number of hydrogen-bond acceptors (Lipinski definition) is 5. The first-order valence-corrected chi connectivity index (χ1v) is 6.05. The summed E-state index contributed by atoms with van der Waals surface area (Å²) in [6, 6.07) is 2.14. The molecule has 1 aliphatic heterocycles. The Morgan fingerprint density at radius 3 is 3.12 bits per heavy atom. The molecule has 1 fully saturated rings. The zero-order chi connectivity index (χ0) is 12.3. The van der Waals surface area contributed by atoms with Crippen LogP contribution in [0.25, 0.3) is 0 Å². The van der Waals surface area contributed by atoms with Crippen LogP contribution < -0.4 is 9.64 Å². The van der Waals surface area contributed by atoms with E-state index in [-0.39, 0.29) is 5.28 Å². The van der Waals surface area contributed by atoms with E-state index in [2.05, 4.69) is 21.8 Å². The topological polar surface area (TPSA) is 47.5 Å². The summed E-state index contributed by atoms with van der Waals surface area (Å²) in [4.78, 5) is 10.4. The number of hydrogen-bond donors (Lipinski definition) is 0. The van der Waals surface area contributed by atoms with Gasteiger partial charge in [0.2, 0.25) is 11.2 Å². The second-order valence-electron chi connectivity index (χ2n) is 3.87. The van der Waals surface area contributed by atoms with Gasteiger partial charge in [-0.15, -0.1) is 0 Å². The number of methoxy groups -OCH3 is 1. The Morgan fingerprint density at radius 2 is 2.41 bits per heavy atom. The van der Waals surface area contributed by atoms with Gasteiger partial charge in [-0.3, -0.25) is 0 Å². The molecule has 94 valence electrons. The van der Waals surface area contributed by atoms with Gasteiger partial charge in [0.05, 0.1) is 26.4 Å². The van der Waals surface area contributed by atoms with Crippen molar-refractivity contribution in [2.45, 2.75) is 19.4 Å². The Hall–Kier alpha value is -1.07. The Balaban J connectivity index is 2.27. The molecule has 0 aromatic carbocycles. The molecule has 0 amide bonds. The molecule has 0 aliphatic carbocycles. The number of anilines is 1. The minimum absolute atomic E-state index is 0.209. The molecule has 6 heteroatoms. The van der Waals surface area contributed by atoms with Crippen LogP contribution in [0.4, 0.5) is 5.82 Å². The van der Waals surface area contributed by atoms with Gasteiger partial charge in [0.25, 0.3) is 0 Å². The zero-order valence-corrected chi connectivity index (χ0v) is 10.8. The summed E-state index contributed by atoms with van der Waals surface area (Å²) in [5.41, 5.74) is 0. The predicted octanol–water partition coefficient (Wildman–Crippen LogP) is 1.75. The molecule has 0 bridgehead atoms. The van der Waals surface area contributed by atoms with Crippen molar-refractivity contribution in [1.82, 2.24) is 9.97 Å². The molecule has 0 saturated carbocycles. The van der Waals surface area contributed by atoms with E-state index >= 15 is 0 Å². The van der Waals surface area contributed by atoms with E-state index in [9.17, 15) is 0 Å². The molecule has 5 nitrogen and oxygen atoms in total. The molecule has 2 heterocycles. The highest BCUT2D eigenvalue weighted by Crippen LogP contribution is 2.23. The first-order chi connectivity index (χ1) is 8.24. The van der Waals surface area contributed by atoms with Gasteiger partial charge in [-0.05, 0) is 18.0 Å². The Kier molecular flexibility index (Phi) is 4.02. The first kappa shape index (κ1) is 12.4. The standard InChI is InChI=1S/C11H16ClN3O2/c1-3-8-7-17-5-4-15(8)9-6-10(16-2)14-11(12)13-9/h6,8H,3-5,7H2,1-2H3/t8-/m0/s1. The minimum Gasteiger partial charge on any atom is -0.481 e. The Labute approximate surface area is 106 Å². The third-order valence-corrected chi connectivity index (χ3v) is 3.03. The zero-order valence-electron chi connectivity index (χ0n) is 10.0. The highest BCUT2D eigenvalue weighted by atomic mass is 35.5. The van der Waals surface area contributed by atoms with E-state index in [1.807, 2.05) is 0 Å². The molecule has 1 aromatic rings. The van der Waals surface area contributed by atoms with Crippen LogP contribution in [-0.4, -0.2) is 42.9 Å². The third-order valence-electron chi connectivity index (χ3n) is 2.86. The van der Waals surface area contributed by atoms with Gasteiger partial charge >= 0.3 is 0 Å². The fourth-order valence-corrected chi connectivity index (χ4v) is 2.10. The summed E-state index contributed by atoms with van der Waals surface area (Å²) >= 11 is 5.88. The van der Waals surface area contributed by atoms with Gasteiger partial charge in [0.15, 0.2) is 0 Å². The summed E-state index contributed by atoms with van der Waals surface area (Å²) in [6.45, 7) is 4.38. The predicted molar refractivity (Wildman–Crippen MR) is 65.8 cm³/mol. The fourth-order valence-electron chi connectivity index (χ4n) is 1.93. The number of rotatable bonds is 3. The van der Waals surface area contributed by atoms with Crippen molar-refractivity contribution in [3.8, 4) is 5.88 Å². The van der Waals surface area contributed by atoms with Crippen LogP contribution in [0.5, 0.6) is 5.88 Å². The lowest BCUT2D eigenvalue weighted by Crippen LogP contribution is -2.45. The maximum atomic E-state index is 5.88. The SMILES string of the molecule is CC[C@H]1COCCN1c1cc(OC)nc(Cl)n1. The number of morpholine rings is 1. The Bertz CT molecular complexity index is 389. The number of aromatic nitrogens is 2. The maximum Gasteiger partial charge on any atom is 0.227 e. The molecular weight excluding hydrogens is 242 g/mol. The highest BCUT2D eigenvalue weighted by molar-refractivity contribution is 6.28. The monoisotopic (exact) mass is 257 g/mol. The smallest absolute Gasteiger partial charge is 0.227 e. The van der Waals surface area contributed by atoms with Crippen LogP contribution in [0.1, 0.15) is 13.3 Å². The molecule has 0 N–H and O–H groups in total. The first-order valence-electron chi connectivity index (χ1n) is 5.67. The van der Waals surface area contributed by atoms with Crippen molar-refractivity contribution in [3.05, 3.63) is 11.3 Å². The van der Waals surface area contributed by atoms with Crippen LogP contribution in [0.3, 0.4) is 0 Å². The highest BCUT2D eigenvalue weighted by Gasteiger charge is 2.23. The molecule has 1 atom stereocenters. The van der Waals surface area contributed by atoms with Crippen molar-refractivity contribution in [2.75, 3.05) is 31.8 Å². The van der Waals surface area contributed by atoms with E-state index in [1.165, 1.54) is 0 Å².